The Morgan fingerprint density at radius 3 is 2.29 bits per heavy atom. The molecule has 2 rings (SSSR count). The van der Waals surface area contributed by atoms with Crippen LogP contribution in [0.15, 0.2) is 84.7 Å². The molecule has 0 aliphatic carbocycles. The van der Waals surface area contributed by atoms with E-state index in [2.05, 4.69) is 11.9 Å². The highest BCUT2D eigenvalue weighted by Gasteiger charge is 1.96. The van der Waals surface area contributed by atoms with Gasteiger partial charge in [-0.3, -0.25) is 4.79 Å². The van der Waals surface area contributed by atoms with Crippen molar-refractivity contribution in [3.8, 4) is 5.75 Å². The minimum absolute atomic E-state index is 0.319. The predicted molar refractivity (Wildman–Crippen MR) is 117 cm³/mol. The lowest BCUT2D eigenvalue weighted by atomic mass is 10.2. The molecule has 0 unspecified atom stereocenters. The van der Waals surface area contributed by atoms with Crippen molar-refractivity contribution >= 4 is 12.0 Å². The number of rotatable bonds is 6. The van der Waals surface area contributed by atoms with Gasteiger partial charge in [-0.1, -0.05) is 44.2 Å². The monoisotopic (exact) mass is 383 g/mol. The second kappa shape index (κ2) is 15.0. The van der Waals surface area contributed by atoms with E-state index in [0.717, 1.165) is 11.4 Å². The van der Waals surface area contributed by atoms with Gasteiger partial charge in [0.2, 0.25) is 0 Å². The lowest BCUT2D eigenvalue weighted by molar-refractivity contribution is 0.112. The van der Waals surface area contributed by atoms with Gasteiger partial charge in [0.25, 0.3) is 0 Å². The number of aldehydes is 1. The molecule has 150 valence electrons. The van der Waals surface area contributed by atoms with Gasteiger partial charge in [-0.15, -0.1) is 0 Å². The molecule has 0 aliphatic rings. The van der Waals surface area contributed by atoms with Gasteiger partial charge >= 0.3 is 0 Å². The van der Waals surface area contributed by atoms with Crippen molar-refractivity contribution in [3.63, 3.8) is 0 Å². The average Bonchev–Trinajstić information content (AvgIpc) is 2.74. The van der Waals surface area contributed by atoms with Gasteiger partial charge in [0.15, 0.2) is 0 Å². The van der Waals surface area contributed by atoms with Gasteiger partial charge in [0.05, 0.1) is 0 Å². The van der Waals surface area contributed by atoms with Gasteiger partial charge < -0.3 is 10.1 Å². The van der Waals surface area contributed by atoms with Gasteiger partial charge in [0.1, 0.15) is 23.6 Å². The van der Waals surface area contributed by atoms with Crippen molar-refractivity contribution < 1.29 is 13.9 Å². The Kier molecular flexibility index (Phi) is 13.3. The molecule has 28 heavy (non-hydrogen) atoms. The standard InChI is InChI=1S/C15H19NO.C7H5FO.C2H6/c1-5-12(2)9-10-13(3)17-15-8-6-7-14(11-15)16-4;8-7-3-1-6(5-9)2-4-7;1-2/h5-11,16H,3H2,1-2,4H3;1-5H;1-2H3/b10-9-,12-5-;;. The van der Waals surface area contributed by atoms with Crippen LogP contribution in [0.5, 0.6) is 5.75 Å². The summed E-state index contributed by atoms with van der Waals surface area (Å²) in [6.07, 6.45) is 6.55. The van der Waals surface area contributed by atoms with E-state index in [1.807, 2.05) is 77.2 Å². The molecular formula is C24H30FNO2. The van der Waals surface area contributed by atoms with E-state index in [0.29, 0.717) is 17.6 Å². The van der Waals surface area contributed by atoms with E-state index in [-0.39, 0.29) is 5.82 Å². The molecule has 0 aliphatic heterocycles. The SMILES string of the molecule is C=C(/C=C\C(C)=C/C)Oc1cccc(NC)c1.CC.O=Cc1ccc(F)cc1. The molecule has 0 heterocycles. The Labute approximate surface area is 168 Å². The molecule has 1 N–H and O–H groups in total. The van der Waals surface area contributed by atoms with E-state index in [1.54, 1.807) is 0 Å². The Bertz CT molecular complexity index is 777. The highest BCUT2D eigenvalue weighted by molar-refractivity contribution is 5.74. The zero-order chi connectivity index (χ0) is 21.4. The van der Waals surface area contributed by atoms with E-state index >= 15 is 0 Å². The number of hydrogen-bond acceptors (Lipinski definition) is 3. The summed E-state index contributed by atoms with van der Waals surface area (Å²) in [5, 5.41) is 3.06. The number of halogens is 1. The zero-order valence-corrected chi connectivity index (χ0v) is 17.3. The van der Waals surface area contributed by atoms with Gasteiger partial charge in [-0.25, -0.2) is 4.39 Å². The maximum Gasteiger partial charge on any atom is 0.150 e. The maximum absolute atomic E-state index is 12.1. The highest BCUT2D eigenvalue weighted by atomic mass is 19.1. The number of nitrogens with one attached hydrogen (secondary N) is 1. The number of carbonyl (C=O) groups excluding carboxylic acids is 1. The van der Waals surface area contributed by atoms with Crippen LogP contribution in [-0.4, -0.2) is 13.3 Å². The molecule has 3 nitrogen and oxygen atoms in total. The van der Waals surface area contributed by atoms with Crippen LogP contribution >= 0.6 is 0 Å². The molecule has 0 amide bonds. The summed E-state index contributed by atoms with van der Waals surface area (Å²) in [5.41, 5.74) is 2.69. The Morgan fingerprint density at radius 1 is 1.11 bits per heavy atom. The summed E-state index contributed by atoms with van der Waals surface area (Å²) >= 11 is 0. The summed E-state index contributed by atoms with van der Waals surface area (Å²) in [7, 11) is 1.88. The highest BCUT2D eigenvalue weighted by Crippen LogP contribution is 2.19. The molecule has 0 radical (unpaired) electrons. The van der Waals surface area contributed by atoms with Gasteiger partial charge in [0, 0.05) is 24.4 Å². The number of ether oxygens (including phenoxy) is 1. The minimum Gasteiger partial charge on any atom is -0.458 e. The van der Waals surface area contributed by atoms with Crippen LogP contribution in [0.1, 0.15) is 38.1 Å². The third kappa shape index (κ3) is 10.8. The van der Waals surface area contributed by atoms with E-state index < -0.39 is 0 Å². The van der Waals surface area contributed by atoms with Gasteiger partial charge in [-0.2, -0.15) is 0 Å². The zero-order valence-electron chi connectivity index (χ0n) is 17.3. The lowest BCUT2D eigenvalue weighted by Crippen LogP contribution is -1.92. The van der Waals surface area contributed by atoms with Crippen molar-refractivity contribution in [2.24, 2.45) is 0 Å². The summed E-state index contributed by atoms with van der Waals surface area (Å²) in [5.74, 6) is 1.09. The first-order valence-corrected chi connectivity index (χ1v) is 9.14. The fraction of sp³-hybridized carbons (Fsp3) is 0.208. The number of hydrogen-bond donors (Lipinski definition) is 1. The van der Waals surface area contributed by atoms with E-state index in [1.165, 1.54) is 29.8 Å². The second-order valence-corrected chi connectivity index (χ2v) is 5.38. The molecule has 0 saturated heterocycles. The van der Waals surface area contributed by atoms with Crippen molar-refractivity contribution in [1.82, 2.24) is 0 Å². The number of carbonyl (C=O) groups is 1. The smallest absolute Gasteiger partial charge is 0.150 e. The summed E-state index contributed by atoms with van der Waals surface area (Å²) in [6, 6.07) is 13.1. The van der Waals surface area contributed by atoms with Crippen molar-refractivity contribution in [3.05, 3.63) is 96.1 Å². The summed E-state index contributed by atoms with van der Waals surface area (Å²) in [6.45, 7) is 11.9. The van der Waals surface area contributed by atoms with Crippen LogP contribution in [0, 0.1) is 5.82 Å². The lowest BCUT2D eigenvalue weighted by Gasteiger charge is -2.07. The fourth-order valence-electron chi connectivity index (χ4n) is 1.76. The number of benzene rings is 2. The van der Waals surface area contributed by atoms with Crippen LogP contribution in [0.4, 0.5) is 10.1 Å². The normalized spacial score (nSPS) is 10.1. The van der Waals surface area contributed by atoms with Crippen LogP contribution < -0.4 is 10.1 Å². The van der Waals surface area contributed by atoms with Crippen LogP contribution in [-0.2, 0) is 0 Å². The molecule has 0 spiro atoms. The summed E-state index contributed by atoms with van der Waals surface area (Å²) < 4.78 is 17.7. The maximum atomic E-state index is 12.1. The van der Waals surface area contributed by atoms with Crippen molar-refractivity contribution in [2.75, 3.05) is 12.4 Å². The molecule has 0 saturated carbocycles. The first-order valence-electron chi connectivity index (χ1n) is 9.14. The predicted octanol–water partition coefficient (Wildman–Crippen LogP) is 6.81. The first kappa shape index (κ1) is 24.9. The average molecular weight is 384 g/mol. The third-order valence-electron chi connectivity index (χ3n) is 3.37. The van der Waals surface area contributed by atoms with Crippen LogP contribution in [0.2, 0.25) is 0 Å². The quantitative estimate of drug-likeness (QED) is 0.338. The molecule has 0 fully saturated rings. The van der Waals surface area contributed by atoms with Crippen LogP contribution in [0.3, 0.4) is 0 Å². The van der Waals surface area contributed by atoms with E-state index in [9.17, 15) is 9.18 Å². The fourth-order valence-corrected chi connectivity index (χ4v) is 1.76. The molecule has 0 aromatic heterocycles. The third-order valence-corrected chi connectivity index (χ3v) is 3.37. The molecule has 2 aromatic rings. The number of allylic oxidation sites excluding steroid dienone is 4. The minimum atomic E-state index is -0.319. The van der Waals surface area contributed by atoms with Crippen molar-refractivity contribution in [1.29, 1.82) is 0 Å². The summed E-state index contributed by atoms with van der Waals surface area (Å²) in [4.78, 5) is 10.00. The Morgan fingerprint density at radius 2 is 1.75 bits per heavy atom. The molecule has 2 aromatic carbocycles. The van der Waals surface area contributed by atoms with Crippen molar-refractivity contribution in [2.45, 2.75) is 27.7 Å². The molecular weight excluding hydrogens is 353 g/mol. The molecule has 0 atom stereocenters. The topological polar surface area (TPSA) is 38.3 Å². The van der Waals surface area contributed by atoms with E-state index in [4.69, 9.17) is 4.74 Å². The number of anilines is 1. The van der Waals surface area contributed by atoms with Crippen LogP contribution in [0.25, 0.3) is 0 Å². The second-order valence-electron chi connectivity index (χ2n) is 5.38. The van der Waals surface area contributed by atoms with Gasteiger partial charge in [-0.05, 0) is 56.3 Å². The molecule has 4 heteroatoms. The Balaban J connectivity index is 0.000000556. The first-order chi connectivity index (χ1) is 13.5. The molecule has 0 bridgehead atoms. The Hall–Kier alpha value is -3.14. The largest absolute Gasteiger partial charge is 0.458 e.